The summed E-state index contributed by atoms with van der Waals surface area (Å²) in [6.07, 6.45) is 0. The van der Waals surface area contributed by atoms with Crippen LogP contribution in [0.1, 0.15) is 29.9 Å². The maximum atomic E-state index is 13.3. The van der Waals surface area contributed by atoms with Crippen molar-refractivity contribution in [2.75, 3.05) is 0 Å². The van der Waals surface area contributed by atoms with E-state index in [4.69, 9.17) is 0 Å². The molecule has 0 spiro atoms. The van der Waals surface area contributed by atoms with Crippen molar-refractivity contribution in [2.24, 2.45) is 0 Å². The van der Waals surface area contributed by atoms with Crippen LogP contribution in [0.25, 0.3) is 10.9 Å². The molecule has 1 N–H and O–H groups in total. The number of H-pyrrole nitrogens is 1. The van der Waals surface area contributed by atoms with Gasteiger partial charge in [0.25, 0.3) is 5.92 Å². The number of carbonyl (C=O) groups is 1. The molecule has 1 aromatic carbocycles. The minimum atomic E-state index is -2.91. The van der Waals surface area contributed by atoms with Crippen LogP contribution in [-0.2, 0) is 5.92 Å². The largest absolute Gasteiger partial charge is 0.352 e. The molecule has 0 saturated heterocycles. The van der Waals surface area contributed by atoms with E-state index in [-0.39, 0.29) is 11.3 Å². The zero-order valence-electron chi connectivity index (χ0n) is 8.97. The van der Waals surface area contributed by atoms with Crippen molar-refractivity contribution in [1.82, 2.24) is 4.98 Å². The molecule has 1 aromatic heterocycles. The van der Waals surface area contributed by atoms with E-state index >= 15 is 0 Å². The number of alkyl halides is 2. The van der Waals surface area contributed by atoms with Gasteiger partial charge >= 0.3 is 0 Å². The summed E-state index contributed by atoms with van der Waals surface area (Å²) < 4.78 is 26.6. The van der Waals surface area contributed by atoms with Gasteiger partial charge in [-0.05, 0) is 12.1 Å². The van der Waals surface area contributed by atoms with Gasteiger partial charge in [-0.25, -0.2) is 8.78 Å². The molecule has 0 unspecified atom stereocenters. The molecular formula is C12H11F2NO. The Morgan fingerprint density at radius 3 is 2.62 bits per heavy atom. The monoisotopic (exact) mass is 223 g/mol. The molecule has 0 atom stereocenters. The first kappa shape index (κ1) is 10.8. The summed E-state index contributed by atoms with van der Waals surface area (Å²) >= 11 is 0. The number of halogens is 2. The molecule has 0 radical (unpaired) electrons. The summed E-state index contributed by atoms with van der Waals surface area (Å²) in [6, 6.07) is 6.08. The Morgan fingerprint density at radius 1 is 1.38 bits per heavy atom. The molecular weight excluding hydrogens is 212 g/mol. The maximum Gasteiger partial charge on any atom is 0.271 e. The fraction of sp³-hybridized carbons (Fsp3) is 0.250. The van der Waals surface area contributed by atoms with Gasteiger partial charge in [0.2, 0.25) is 0 Å². The minimum Gasteiger partial charge on any atom is -0.352 e. The van der Waals surface area contributed by atoms with E-state index in [0.29, 0.717) is 16.6 Å². The first-order valence-electron chi connectivity index (χ1n) is 4.90. The zero-order chi connectivity index (χ0) is 11.9. The summed E-state index contributed by atoms with van der Waals surface area (Å²) in [7, 11) is 0. The van der Waals surface area contributed by atoms with E-state index < -0.39 is 5.92 Å². The molecule has 0 aliphatic carbocycles. The number of ketones is 1. The van der Waals surface area contributed by atoms with Gasteiger partial charge in [0, 0.05) is 30.3 Å². The lowest BCUT2D eigenvalue weighted by molar-refractivity contribution is 0.0191. The molecule has 16 heavy (non-hydrogen) atoms. The third-order valence-corrected chi connectivity index (χ3v) is 2.52. The summed E-state index contributed by atoms with van der Waals surface area (Å²) in [4.78, 5) is 14.0. The Bertz CT molecular complexity index is 552. The molecule has 0 aliphatic heterocycles. The predicted molar refractivity (Wildman–Crippen MR) is 57.9 cm³/mol. The number of hydrogen-bond acceptors (Lipinski definition) is 1. The van der Waals surface area contributed by atoms with Crippen LogP contribution in [0.2, 0.25) is 0 Å². The molecule has 4 heteroatoms. The maximum absolute atomic E-state index is 13.3. The lowest BCUT2D eigenvalue weighted by atomic mass is 10.0. The number of aromatic amines is 1. The van der Waals surface area contributed by atoms with Crippen LogP contribution >= 0.6 is 0 Å². The van der Waals surface area contributed by atoms with E-state index in [1.165, 1.54) is 19.1 Å². The Labute approximate surface area is 91.3 Å². The summed E-state index contributed by atoms with van der Waals surface area (Å²) in [5.74, 6) is -3.07. The van der Waals surface area contributed by atoms with E-state index in [1.807, 2.05) is 0 Å². The molecule has 2 rings (SSSR count). The predicted octanol–water partition coefficient (Wildman–Crippen LogP) is 3.48. The first-order valence-corrected chi connectivity index (χ1v) is 4.90. The molecule has 0 saturated carbocycles. The topological polar surface area (TPSA) is 32.9 Å². The van der Waals surface area contributed by atoms with Gasteiger partial charge in [-0.3, -0.25) is 4.79 Å². The van der Waals surface area contributed by atoms with E-state index in [1.54, 1.807) is 12.1 Å². The van der Waals surface area contributed by atoms with E-state index in [9.17, 15) is 13.6 Å². The van der Waals surface area contributed by atoms with Crippen molar-refractivity contribution < 1.29 is 13.6 Å². The average Bonchev–Trinajstić information content (AvgIpc) is 2.58. The SMILES string of the molecule is CC(=O)c1cc2c(C(C)(F)F)cccc2[nH]1. The number of fused-ring (bicyclic) bond motifs is 1. The molecule has 0 amide bonds. The number of benzene rings is 1. The standard InChI is InChI=1S/C12H11F2NO/c1-7(16)11-6-8-9(12(2,13)14)4-3-5-10(8)15-11/h3-6,15H,1-2H3. The van der Waals surface area contributed by atoms with Crippen LogP contribution in [-0.4, -0.2) is 10.8 Å². The van der Waals surface area contributed by atoms with Crippen LogP contribution < -0.4 is 0 Å². The second kappa shape index (κ2) is 3.40. The van der Waals surface area contributed by atoms with Crippen molar-refractivity contribution in [1.29, 1.82) is 0 Å². The number of aromatic nitrogens is 1. The third-order valence-electron chi connectivity index (χ3n) is 2.52. The molecule has 2 nitrogen and oxygen atoms in total. The number of hydrogen-bond donors (Lipinski definition) is 1. The van der Waals surface area contributed by atoms with Crippen LogP contribution in [0.15, 0.2) is 24.3 Å². The van der Waals surface area contributed by atoms with Gasteiger partial charge in [-0.1, -0.05) is 12.1 Å². The Balaban J connectivity index is 2.73. The average molecular weight is 223 g/mol. The Morgan fingerprint density at radius 2 is 2.06 bits per heavy atom. The first-order chi connectivity index (χ1) is 7.39. The van der Waals surface area contributed by atoms with Gasteiger partial charge < -0.3 is 4.98 Å². The zero-order valence-corrected chi connectivity index (χ0v) is 8.97. The number of nitrogens with one attached hydrogen (secondary N) is 1. The van der Waals surface area contributed by atoms with Crippen molar-refractivity contribution in [3.05, 3.63) is 35.5 Å². The molecule has 1 heterocycles. The second-order valence-electron chi connectivity index (χ2n) is 3.89. The van der Waals surface area contributed by atoms with Gasteiger partial charge in [-0.15, -0.1) is 0 Å². The van der Waals surface area contributed by atoms with Gasteiger partial charge in [0.1, 0.15) is 0 Å². The summed E-state index contributed by atoms with van der Waals surface area (Å²) in [5, 5.41) is 0.403. The highest BCUT2D eigenvalue weighted by molar-refractivity contribution is 5.98. The second-order valence-corrected chi connectivity index (χ2v) is 3.89. The Hall–Kier alpha value is -1.71. The fourth-order valence-corrected chi connectivity index (χ4v) is 1.73. The molecule has 0 bridgehead atoms. The molecule has 84 valence electrons. The normalized spacial score (nSPS) is 12.0. The number of carbonyl (C=O) groups excluding carboxylic acids is 1. The highest BCUT2D eigenvalue weighted by atomic mass is 19.3. The highest BCUT2D eigenvalue weighted by Crippen LogP contribution is 2.33. The summed E-state index contributed by atoms with van der Waals surface area (Å²) in [6.45, 7) is 2.25. The Kier molecular flexibility index (Phi) is 2.30. The summed E-state index contributed by atoms with van der Waals surface area (Å²) in [5.41, 5.74) is 0.852. The van der Waals surface area contributed by atoms with Crippen LogP contribution in [0.4, 0.5) is 8.78 Å². The number of Topliss-reactive ketones (excluding diaryl/α,β-unsaturated/α-hetero) is 1. The lowest BCUT2D eigenvalue weighted by Crippen LogP contribution is -2.06. The van der Waals surface area contributed by atoms with E-state index in [2.05, 4.69) is 4.98 Å². The number of rotatable bonds is 2. The van der Waals surface area contributed by atoms with Crippen molar-refractivity contribution in [3.8, 4) is 0 Å². The molecule has 0 fully saturated rings. The van der Waals surface area contributed by atoms with Crippen LogP contribution in [0.3, 0.4) is 0 Å². The van der Waals surface area contributed by atoms with Crippen molar-refractivity contribution in [3.63, 3.8) is 0 Å². The van der Waals surface area contributed by atoms with Crippen molar-refractivity contribution in [2.45, 2.75) is 19.8 Å². The minimum absolute atomic E-state index is 0.0613. The van der Waals surface area contributed by atoms with Gasteiger partial charge in [0.05, 0.1) is 5.69 Å². The van der Waals surface area contributed by atoms with Crippen LogP contribution in [0, 0.1) is 0 Å². The smallest absolute Gasteiger partial charge is 0.271 e. The van der Waals surface area contributed by atoms with Gasteiger partial charge in [-0.2, -0.15) is 0 Å². The quantitative estimate of drug-likeness (QED) is 0.777. The fourth-order valence-electron chi connectivity index (χ4n) is 1.73. The van der Waals surface area contributed by atoms with Gasteiger partial charge in [0.15, 0.2) is 5.78 Å². The van der Waals surface area contributed by atoms with Crippen LogP contribution in [0.5, 0.6) is 0 Å². The molecule has 2 aromatic rings. The van der Waals surface area contributed by atoms with E-state index in [0.717, 1.165) is 6.92 Å². The third kappa shape index (κ3) is 1.71. The van der Waals surface area contributed by atoms with Crippen molar-refractivity contribution >= 4 is 16.7 Å². The molecule has 0 aliphatic rings. The lowest BCUT2D eigenvalue weighted by Gasteiger charge is -2.11. The highest BCUT2D eigenvalue weighted by Gasteiger charge is 2.27.